The Morgan fingerprint density at radius 2 is 1.00 bits per heavy atom. The van der Waals surface area contributed by atoms with Gasteiger partial charge in [-0.1, -0.05) is 172 Å². The lowest BCUT2D eigenvalue weighted by Gasteiger charge is -2.19. The Balaban J connectivity index is 4.17. The molecule has 0 aromatic heterocycles. The third-order valence-corrected chi connectivity index (χ3v) is 9.99. The first kappa shape index (κ1) is 52.0. The van der Waals surface area contributed by atoms with Crippen molar-refractivity contribution < 1.29 is 32.8 Å². The monoisotopic (exact) mass is 780 g/mol. The molecule has 9 heteroatoms. The second-order valence-electron chi connectivity index (χ2n) is 14.3. The second-order valence-corrected chi connectivity index (χ2v) is 15.7. The number of phosphoric acid groups is 1. The molecule has 314 valence electrons. The van der Waals surface area contributed by atoms with Gasteiger partial charge in [-0.05, 0) is 63.9 Å². The third-order valence-electron chi connectivity index (χ3n) is 9.00. The van der Waals surface area contributed by atoms with Gasteiger partial charge in [-0.15, -0.1) is 0 Å². The predicted octanol–water partition coefficient (Wildman–Crippen LogP) is 13.3. The fraction of sp³-hybridized carbons (Fsp3) is 0.756. The second kappa shape index (κ2) is 42.2. The molecule has 0 aromatic rings. The molecule has 0 aliphatic rings. The molecule has 0 amide bonds. The number of nitrogens with two attached hydrogens (primary N) is 1. The van der Waals surface area contributed by atoms with Gasteiger partial charge in [0.05, 0.1) is 19.5 Å². The van der Waals surface area contributed by atoms with Crippen molar-refractivity contribution in [2.45, 2.75) is 193 Å². The van der Waals surface area contributed by atoms with Crippen LogP contribution in [0.5, 0.6) is 0 Å². The van der Waals surface area contributed by atoms with Crippen molar-refractivity contribution in [1.82, 2.24) is 0 Å². The van der Waals surface area contributed by atoms with E-state index in [1.807, 2.05) is 6.08 Å². The van der Waals surface area contributed by atoms with Crippen molar-refractivity contribution >= 4 is 13.8 Å². The molecule has 2 atom stereocenters. The standard InChI is InChI=1S/C45H82NO7P/c1-3-5-7-9-11-13-15-17-19-21-23-25-27-29-31-33-35-37-40-50-42-44(43-52-54(48,49)51-41-39-46)53-45(47)38-36-34-32-30-28-26-24-22-20-18-16-14-12-10-8-6-4-2/h12,14,18,20,24,26,30,32,37,40,44H,3-11,13,15-17,19,21-23,25,27-29,31,33-36,38-39,41-43,46H2,1-2H3,(H,48,49)/b14-12-,20-18-,26-24-,32-30-,40-37-/t44-/m1/s1. The maximum Gasteiger partial charge on any atom is 0.472 e. The van der Waals surface area contributed by atoms with E-state index >= 15 is 0 Å². The first-order chi connectivity index (χ1) is 26.4. The van der Waals surface area contributed by atoms with Crippen LogP contribution in [-0.4, -0.2) is 43.3 Å². The minimum atomic E-state index is -4.31. The first-order valence-electron chi connectivity index (χ1n) is 21.8. The molecule has 0 fully saturated rings. The van der Waals surface area contributed by atoms with Gasteiger partial charge in [0, 0.05) is 13.0 Å². The van der Waals surface area contributed by atoms with Crippen LogP contribution in [0, 0.1) is 0 Å². The summed E-state index contributed by atoms with van der Waals surface area (Å²) >= 11 is 0. The number of carbonyl (C=O) groups excluding carboxylic acids is 1. The Morgan fingerprint density at radius 3 is 1.52 bits per heavy atom. The smallest absolute Gasteiger partial charge is 0.472 e. The molecule has 1 unspecified atom stereocenters. The fourth-order valence-electron chi connectivity index (χ4n) is 5.78. The van der Waals surface area contributed by atoms with Crippen molar-refractivity contribution in [2.24, 2.45) is 5.73 Å². The van der Waals surface area contributed by atoms with Gasteiger partial charge in [0.1, 0.15) is 6.61 Å². The molecule has 0 rings (SSSR count). The van der Waals surface area contributed by atoms with Crippen molar-refractivity contribution in [3.8, 4) is 0 Å². The van der Waals surface area contributed by atoms with Crippen LogP contribution in [0.15, 0.2) is 60.9 Å². The maximum atomic E-state index is 12.5. The zero-order valence-corrected chi connectivity index (χ0v) is 35.6. The summed E-state index contributed by atoms with van der Waals surface area (Å²) in [4.78, 5) is 22.4. The minimum absolute atomic E-state index is 0.00919. The van der Waals surface area contributed by atoms with Crippen molar-refractivity contribution in [1.29, 1.82) is 0 Å². The van der Waals surface area contributed by atoms with E-state index in [2.05, 4.69) is 62.5 Å². The number of hydrogen-bond donors (Lipinski definition) is 2. The lowest BCUT2D eigenvalue weighted by Crippen LogP contribution is -2.27. The van der Waals surface area contributed by atoms with Crippen LogP contribution in [0.1, 0.15) is 187 Å². The molecule has 8 nitrogen and oxygen atoms in total. The van der Waals surface area contributed by atoms with E-state index in [1.54, 1.807) is 6.26 Å². The van der Waals surface area contributed by atoms with Gasteiger partial charge in [0.15, 0.2) is 6.10 Å². The lowest BCUT2D eigenvalue weighted by atomic mass is 10.0. The summed E-state index contributed by atoms with van der Waals surface area (Å²) in [7, 11) is -4.31. The van der Waals surface area contributed by atoms with Crippen LogP contribution in [-0.2, 0) is 27.9 Å². The molecular formula is C45H82NO7P. The van der Waals surface area contributed by atoms with E-state index in [9.17, 15) is 14.3 Å². The van der Waals surface area contributed by atoms with Crippen LogP contribution in [0.3, 0.4) is 0 Å². The van der Waals surface area contributed by atoms with Crippen LogP contribution < -0.4 is 5.73 Å². The van der Waals surface area contributed by atoms with Crippen LogP contribution in [0.25, 0.3) is 0 Å². The molecule has 3 N–H and O–H groups in total. The van der Waals surface area contributed by atoms with Gasteiger partial charge in [-0.25, -0.2) is 4.57 Å². The molecule has 0 saturated carbocycles. The summed E-state index contributed by atoms with van der Waals surface area (Å²) in [6.07, 6.45) is 52.0. The van der Waals surface area contributed by atoms with Gasteiger partial charge in [0.25, 0.3) is 0 Å². The van der Waals surface area contributed by atoms with Gasteiger partial charge in [-0.2, -0.15) is 0 Å². The van der Waals surface area contributed by atoms with E-state index in [0.717, 1.165) is 38.5 Å². The van der Waals surface area contributed by atoms with E-state index in [-0.39, 0.29) is 32.8 Å². The summed E-state index contributed by atoms with van der Waals surface area (Å²) in [5, 5.41) is 0. The first-order valence-corrected chi connectivity index (χ1v) is 23.3. The largest absolute Gasteiger partial charge is 0.498 e. The highest BCUT2D eigenvalue weighted by atomic mass is 31.2. The average molecular weight is 780 g/mol. The number of phosphoric ester groups is 1. The van der Waals surface area contributed by atoms with E-state index < -0.39 is 19.9 Å². The Hall–Kier alpha value is -1.96. The Kier molecular flexibility index (Phi) is 40.7. The van der Waals surface area contributed by atoms with Crippen molar-refractivity contribution in [3.05, 3.63) is 60.9 Å². The lowest BCUT2D eigenvalue weighted by molar-refractivity contribution is -0.153. The molecule has 0 aliphatic carbocycles. The highest BCUT2D eigenvalue weighted by Gasteiger charge is 2.25. The number of esters is 1. The predicted molar refractivity (Wildman–Crippen MR) is 228 cm³/mol. The highest BCUT2D eigenvalue weighted by Crippen LogP contribution is 2.43. The van der Waals surface area contributed by atoms with E-state index in [4.69, 9.17) is 24.3 Å². The molecule has 0 saturated heterocycles. The van der Waals surface area contributed by atoms with Gasteiger partial charge >= 0.3 is 13.8 Å². The van der Waals surface area contributed by atoms with Crippen molar-refractivity contribution in [3.63, 3.8) is 0 Å². The molecule has 0 aromatic carbocycles. The topological polar surface area (TPSA) is 117 Å². The zero-order valence-electron chi connectivity index (χ0n) is 34.7. The molecule has 0 spiro atoms. The molecule has 0 heterocycles. The Labute approximate surface area is 332 Å². The quantitative estimate of drug-likeness (QED) is 0.0207. The SMILES string of the molecule is CCCCC/C=C\C/C=C\C/C=C\C/C=C\CCCC(=O)O[C@H](CO/C=C\CCCCCCCCCCCCCCCCCC)COP(=O)(O)OCCN. The summed E-state index contributed by atoms with van der Waals surface area (Å²) < 4.78 is 33.1. The third kappa shape index (κ3) is 41.2. The molecule has 0 bridgehead atoms. The number of hydrogen-bond acceptors (Lipinski definition) is 7. The fourth-order valence-corrected chi connectivity index (χ4v) is 6.54. The normalized spacial score (nSPS) is 14.0. The summed E-state index contributed by atoms with van der Waals surface area (Å²) in [6.45, 7) is 4.15. The molecule has 0 aliphatic heterocycles. The molecular weight excluding hydrogens is 697 g/mol. The number of allylic oxidation sites excluding steroid dienone is 9. The number of unbranched alkanes of at least 4 members (excludes halogenated alkanes) is 20. The molecule has 0 radical (unpaired) electrons. The van der Waals surface area contributed by atoms with Crippen molar-refractivity contribution in [2.75, 3.05) is 26.4 Å². The van der Waals surface area contributed by atoms with Crippen LogP contribution in [0.2, 0.25) is 0 Å². The average Bonchev–Trinajstić information content (AvgIpc) is 3.16. The number of carbonyl (C=O) groups is 1. The van der Waals surface area contributed by atoms with E-state index in [0.29, 0.717) is 6.42 Å². The van der Waals surface area contributed by atoms with Gasteiger partial charge in [-0.3, -0.25) is 13.8 Å². The minimum Gasteiger partial charge on any atom is -0.498 e. The van der Waals surface area contributed by atoms with E-state index in [1.165, 1.54) is 122 Å². The van der Waals surface area contributed by atoms with Gasteiger partial charge < -0.3 is 20.1 Å². The summed E-state index contributed by atoms with van der Waals surface area (Å²) in [5.41, 5.74) is 5.36. The summed E-state index contributed by atoms with van der Waals surface area (Å²) in [6, 6.07) is 0. The van der Waals surface area contributed by atoms with Crippen LogP contribution in [0.4, 0.5) is 0 Å². The molecule has 54 heavy (non-hydrogen) atoms. The maximum absolute atomic E-state index is 12.5. The van der Waals surface area contributed by atoms with Gasteiger partial charge in [0.2, 0.25) is 0 Å². The summed E-state index contributed by atoms with van der Waals surface area (Å²) in [5.74, 6) is -0.407. The zero-order chi connectivity index (χ0) is 39.5. The number of rotatable bonds is 41. The van der Waals surface area contributed by atoms with Crippen LogP contribution >= 0.6 is 7.82 Å². The Morgan fingerprint density at radius 1 is 0.574 bits per heavy atom. The number of ether oxygens (including phenoxy) is 2. The highest BCUT2D eigenvalue weighted by molar-refractivity contribution is 7.47. The Bertz CT molecular complexity index is 1010.